The fourth-order valence-electron chi connectivity index (χ4n) is 2.74. The van der Waals surface area contributed by atoms with E-state index in [4.69, 9.17) is 4.74 Å². The van der Waals surface area contributed by atoms with Crippen molar-refractivity contribution in [2.45, 2.75) is 19.9 Å². The molecular weight excluding hydrogens is 253 g/mol. The van der Waals surface area contributed by atoms with E-state index in [2.05, 4.69) is 5.32 Å². The van der Waals surface area contributed by atoms with Crippen LogP contribution in [0, 0.1) is 19.7 Å². The number of aryl methyl sites for hydroxylation is 2. The van der Waals surface area contributed by atoms with E-state index >= 15 is 0 Å². The van der Waals surface area contributed by atoms with Crippen LogP contribution in [0.15, 0.2) is 36.4 Å². The Morgan fingerprint density at radius 1 is 1.10 bits per heavy atom. The van der Waals surface area contributed by atoms with Crippen LogP contribution in [-0.2, 0) is 0 Å². The summed E-state index contributed by atoms with van der Waals surface area (Å²) in [6, 6.07) is 11.0. The standard InChI is InChI=1S/C17H20FNO/c1-11-9-13(18)10-12(2)16(11)17(19-3)14-7-5-6-8-15(14)20-4/h5-10,17,19H,1-4H3. The molecule has 3 heteroatoms. The van der Waals surface area contributed by atoms with Gasteiger partial charge in [0.25, 0.3) is 0 Å². The second-order valence-corrected chi connectivity index (χ2v) is 4.92. The SMILES string of the molecule is CNC(c1ccccc1OC)c1c(C)cc(F)cc1C. The highest BCUT2D eigenvalue weighted by Crippen LogP contribution is 2.33. The van der Waals surface area contributed by atoms with Gasteiger partial charge in [-0.05, 0) is 55.8 Å². The summed E-state index contributed by atoms with van der Waals surface area (Å²) < 4.78 is 18.9. The summed E-state index contributed by atoms with van der Waals surface area (Å²) in [5, 5.41) is 3.31. The predicted octanol–water partition coefficient (Wildman–Crippen LogP) is 3.76. The number of ether oxygens (including phenoxy) is 1. The number of methoxy groups -OCH3 is 1. The molecule has 0 aromatic heterocycles. The Balaban J connectivity index is 2.59. The topological polar surface area (TPSA) is 21.3 Å². The molecule has 2 rings (SSSR count). The average Bonchev–Trinajstić information content (AvgIpc) is 2.42. The van der Waals surface area contributed by atoms with Crippen molar-refractivity contribution in [1.82, 2.24) is 5.32 Å². The van der Waals surface area contributed by atoms with E-state index in [1.807, 2.05) is 45.2 Å². The van der Waals surface area contributed by atoms with Gasteiger partial charge in [0, 0.05) is 5.56 Å². The number of benzene rings is 2. The molecule has 0 bridgehead atoms. The fourth-order valence-corrected chi connectivity index (χ4v) is 2.74. The van der Waals surface area contributed by atoms with Crippen LogP contribution < -0.4 is 10.1 Å². The lowest BCUT2D eigenvalue weighted by Crippen LogP contribution is -2.20. The normalized spacial score (nSPS) is 12.2. The molecular formula is C17H20FNO. The quantitative estimate of drug-likeness (QED) is 0.915. The number of para-hydroxylation sites is 1. The van der Waals surface area contributed by atoms with Gasteiger partial charge in [0.1, 0.15) is 11.6 Å². The van der Waals surface area contributed by atoms with E-state index in [0.29, 0.717) is 0 Å². The third-order valence-electron chi connectivity index (χ3n) is 3.59. The summed E-state index contributed by atoms with van der Waals surface area (Å²) in [5.41, 5.74) is 4.02. The molecule has 1 atom stereocenters. The van der Waals surface area contributed by atoms with Gasteiger partial charge in [0.2, 0.25) is 0 Å². The van der Waals surface area contributed by atoms with Gasteiger partial charge in [0.15, 0.2) is 0 Å². The molecule has 0 spiro atoms. The summed E-state index contributed by atoms with van der Waals surface area (Å²) in [7, 11) is 3.56. The molecule has 106 valence electrons. The molecule has 1 unspecified atom stereocenters. The highest BCUT2D eigenvalue weighted by Gasteiger charge is 2.20. The van der Waals surface area contributed by atoms with Crippen LogP contribution in [0.5, 0.6) is 5.75 Å². The number of hydrogen-bond acceptors (Lipinski definition) is 2. The second kappa shape index (κ2) is 6.06. The molecule has 0 heterocycles. The molecule has 2 aromatic rings. The van der Waals surface area contributed by atoms with Crippen molar-refractivity contribution in [2.24, 2.45) is 0 Å². The van der Waals surface area contributed by atoms with Crippen LogP contribution in [0.25, 0.3) is 0 Å². The lowest BCUT2D eigenvalue weighted by Gasteiger charge is -2.23. The number of halogens is 1. The van der Waals surface area contributed by atoms with Gasteiger partial charge < -0.3 is 10.1 Å². The number of rotatable bonds is 4. The molecule has 2 nitrogen and oxygen atoms in total. The van der Waals surface area contributed by atoms with E-state index in [1.54, 1.807) is 19.2 Å². The van der Waals surface area contributed by atoms with E-state index in [0.717, 1.165) is 28.0 Å². The molecule has 0 aliphatic rings. The highest BCUT2D eigenvalue weighted by molar-refractivity contribution is 5.46. The number of nitrogens with one attached hydrogen (secondary N) is 1. The first kappa shape index (κ1) is 14.5. The Labute approximate surface area is 119 Å². The van der Waals surface area contributed by atoms with Crippen molar-refractivity contribution >= 4 is 0 Å². The molecule has 0 aliphatic heterocycles. The largest absolute Gasteiger partial charge is 0.496 e. The first-order chi connectivity index (χ1) is 9.58. The summed E-state index contributed by atoms with van der Waals surface area (Å²) >= 11 is 0. The first-order valence-corrected chi connectivity index (χ1v) is 6.65. The van der Waals surface area contributed by atoms with Crippen molar-refractivity contribution in [3.05, 3.63) is 64.5 Å². The summed E-state index contributed by atoms with van der Waals surface area (Å²) in [5.74, 6) is 0.633. The molecule has 0 radical (unpaired) electrons. The minimum absolute atomic E-state index is 0.0215. The Bertz CT molecular complexity index is 587. The molecule has 0 amide bonds. The second-order valence-electron chi connectivity index (χ2n) is 4.92. The van der Waals surface area contributed by atoms with Crippen LogP contribution in [0.4, 0.5) is 4.39 Å². The van der Waals surface area contributed by atoms with Crippen LogP contribution in [-0.4, -0.2) is 14.2 Å². The van der Waals surface area contributed by atoms with Gasteiger partial charge in [-0.2, -0.15) is 0 Å². The number of hydrogen-bond donors (Lipinski definition) is 1. The highest BCUT2D eigenvalue weighted by atomic mass is 19.1. The molecule has 1 N–H and O–H groups in total. The van der Waals surface area contributed by atoms with Gasteiger partial charge in [-0.15, -0.1) is 0 Å². The van der Waals surface area contributed by atoms with Gasteiger partial charge in [-0.3, -0.25) is 0 Å². The zero-order chi connectivity index (χ0) is 14.7. The Hall–Kier alpha value is -1.87. The molecule has 0 saturated heterocycles. The van der Waals surface area contributed by atoms with Crippen LogP contribution in [0.2, 0.25) is 0 Å². The van der Waals surface area contributed by atoms with Crippen LogP contribution >= 0.6 is 0 Å². The van der Waals surface area contributed by atoms with Crippen molar-refractivity contribution in [1.29, 1.82) is 0 Å². The van der Waals surface area contributed by atoms with Crippen molar-refractivity contribution in [3.8, 4) is 5.75 Å². The summed E-state index contributed by atoms with van der Waals surface area (Å²) in [6.07, 6.45) is 0. The monoisotopic (exact) mass is 273 g/mol. The lowest BCUT2D eigenvalue weighted by atomic mass is 9.91. The third kappa shape index (κ3) is 2.68. The maximum atomic E-state index is 13.5. The Morgan fingerprint density at radius 2 is 1.70 bits per heavy atom. The smallest absolute Gasteiger partial charge is 0.123 e. The minimum Gasteiger partial charge on any atom is -0.496 e. The predicted molar refractivity (Wildman–Crippen MR) is 79.8 cm³/mol. The minimum atomic E-state index is -0.196. The van der Waals surface area contributed by atoms with Gasteiger partial charge in [-0.25, -0.2) is 4.39 Å². The van der Waals surface area contributed by atoms with E-state index < -0.39 is 0 Å². The first-order valence-electron chi connectivity index (χ1n) is 6.65. The lowest BCUT2D eigenvalue weighted by molar-refractivity contribution is 0.405. The molecule has 0 aliphatic carbocycles. The zero-order valence-electron chi connectivity index (χ0n) is 12.3. The maximum Gasteiger partial charge on any atom is 0.123 e. The summed E-state index contributed by atoms with van der Waals surface area (Å²) in [4.78, 5) is 0. The maximum absolute atomic E-state index is 13.5. The Morgan fingerprint density at radius 3 is 2.25 bits per heavy atom. The average molecular weight is 273 g/mol. The zero-order valence-corrected chi connectivity index (χ0v) is 12.3. The van der Waals surface area contributed by atoms with E-state index in [9.17, 15) is 4.39 Å². The van der Waals surface area contributed by atoms with Crippen molar-refractivity contribution < 1.29 is 9.13 Å². The van der Waals surface area contributed by atoms with Gasteiger partial charge >= 0.3 is 0 Å². The molecule has 0 saturated carbocycles. The summed E-state index contributed by atoms with van der Waals surface area (Å²) in [6.45, 7) is 3.87. The fraction of sp³-hybridized carbons (Fsp3) is 0.294. The van der Waals surface area contributed by atoms with Crippen molar-refractivity contribution in [2.75, 3.05) is 14.2 Å². The Kier molecular flexibility index (Phi) is 4.40. The van der Waals surface area contributed by atoms with Crippen LogP contribution in [0.1, 0.15) is 28.3 Å². The van der Waals surface area contributed by atoms with E-state index in [1.165, 1.54) is 0 Å². The molecule has 20 heavy (non-hydrogen) atoms. The molecule has 2 aromatic carbocycles. The van der Waals surface area contributed by atoms with Crippen LogP contribution in [0.3, 0.4) is 0 Å². The van der Waals surface area contributed by atoms with Crippen molar-refractivity contribution in [3.63, 3.8) is 0 Å². The van der Waals surface area contributed by atoms with Gasteiger partial charge in [-0.1, -0.05) is 18.2 Å². The third-order valence-corrected chi connectivity index (χ3v) is 3.59. The van der Waals surface area contributed by atoms with E-state index in [-0.39, 0.29) is 11.9 Å². The van der Waals surface area contributed by atoms with Gasteiger partial charge in [0.05, 0.1) is 13.2 Å². The molecule has 0 fully saturated rings.